The molecule has 2 amide bonds. The van der Waals surface area contributed by atoms with Crippen LogP contribution in [-0.2, 0) is 4.79 Å². The fourth-order valence-corrected chi connectivity index (χ4v) is 4.75. The van der Waals surface area contributed by atoms with Crippen molar-refractivity contribution in [2.24, 2.45) is 11.7 Å². The predicted molar refractivity (Wildman–Crippen MR) is 137 cm³/mol. The van der Waals surface area contributed by atoms with E-state index in [4.69, 9.17) is 15.5 Å². The summed E-state index contributed by atoms with van der Waals surface area (Å²) in [6.45, 7) is 6.94. The summed E-state index contributed by atoms with van der Waals surface area (Å²) < 4.78 is 19.6. The Balaban J connectivity index is 1.44. The Labute approximate surface area is 215 Å². The molecule has 4 unspecified atom stereocenters. The Morgan fingerprint density at radius 1 is 1.30 bits per heavy atom. The number of carbonyl (C=O) groups is 2. The van der Waals surface area contributed by atoms with E-state index in [-0.39, 0.29) is 29.4 Å². The maximum absolute atomic E-state index is 13.4. The third-order valence-corrected chi connectivity index (χ3v) is 7.17. The molecule has 1 aromatic heterocycles. The molecule has 0 spiro atoms. The fraction of sp³-hybridized carbons (Fsp3) is 0.407. The van der Waals surface area contributed by atoms with Crippen molar-refractivity contribution >= 4 is 23.2 Å². The number of hydrogen-bond acceptors (Lipinski definition) is 7. The van der Waals surface area contributed by atoms with E-state index in [1.165, 1.54) is 18.2 Å². The standard InChI is InChI=1S/C27H31FN6O3/c1-15-13-34(15)14-21-16(2)23(37-19-5-3-18(28)4-6-19)8-7-20(21)26-32-22(25(29)35)11-24(33-26)31-12-17-9-10-30-27(17)36/h3-7,11,15,17,23H,8-10,12-14H2,1-2H3,(H2,29,35)(H,30,36)(H,31,32,33). The summed E-state index contributed by atoms with van der Waals surface area (Å²) in [7, 11) is 0. The SMILES string of the molecule is CC1=C(CN2CC2C)C(c2nc(NCC3CCNC3=O)cc(C(N)=O)n2)=CCC1Oc1ccc(F)cc1. The quantitative estimate of drug-likeness (QED) is 0.447. The summed E-state index contributed by atoms with van der Waals surface area (Å²) in [5, 5.41) is 6.02. The zero-order valence-electron chi connectivity index (χ0n) is 21.0. The molecule has 0 radical (unpaired) electrons. The molecule has 0 bridgehead atoms. The van der Waals surface area contributed by atoms with Crippen LogP contribution in [0.3, 0.4) is 0 Å². The van der Waals surface area contributed by atoms with Gasteiger partial charge in [0.2, 0.25) is 5.91 Å². The van der Waals surface area contributed by atoms with Crippen LogP contribution in [0, 0.1) is 11.7 Å². The van der Waals surface area contributed by atoms with Gasteiger partial charge in [-0.05, 0) is 55.7 Å². The predicted octanol–water partition coefficient (Wildman–Crippen LogP) is 2.52. The van der Waals surface area contributed by atoms with Crippen molar-refractivity contribution < 1.29 is 18.7 Å². The van der Waals surface area contributed by atoms with Crippen LogP contribution in [-0.4, -0.2) is 65.0 Å². The average Bonchev–Trinajstić information content (AvgIpc) is 3.42. The third-order valence-electron chi connectivity index (χ3n) is 7.17. The largest absolute Gasteiger partial charge is 0.486 e. The van der Waals surface area contributed by atoms with Gasteiger partial charge in [-0.25, -0.2) is 14.4 Å². The molecule has 1 aliphatic carbocycles. The van der Waals surface area contributed by atoms with Crippen molar-refractivity contribution in [3.63, 3.8) is 0 Å². The summed E-state index contributed by atoms with van der Waals surface area (Å²) >= 11 is 0. The van der Waals surface area contributed by atoms with E-state index in [1.54, 1.807) is 12.1 Å². The highest BCUT2D eigenvalue weighted by Crippen LogP contribution is 2.36. The lowest BCUT2D eigenvalue weighted by atomic mass is 9.88. The number of amides is 2. The topological polar surface area (TPSA) is 122 Å². The Hall–Kier alpha value is -3.79. The van der Waals surface area contributed by atoms with E-state index >= 15 is 0 Å². The van der Waals surface area contributed by atoms with E-state index in [0.29, 0.717) is 49.5 Å². The lowest BCUT2D eigenvalue weighted by molar-refractivity contribution is -0.122. The first-order chi connectivity index (χ1) is 17.8. The second kappa shape index (κ2) is 10.3. The van der Waals surface area contributed by atoms with E-state index < -0.39 is 5.91 Å². The van der Waals surface area contributed by atoms with Crippen LogP contribution in [0.15, 0.2) is 47.6 Å². The molecule has 4 atom stereocenters. The van der Waals surface area contributed by atoms with Crippen LogP contribution in [0.25, 0.3) is 5.57 Å². The first-order valence-electron chi connectivity index (χ1n) is 12.6. The van der Waals surface area contributed by atoms with Crippen LogP contribution in [0.1, 0.15) is 43.0 Å². The molecule has 0 saturated carbocycles. The molecule has 194 valence electrons. The average molecular weight is 507 g/mol. The van der Waals surface area contributed by atoms with Crippen molar-refractivity contribution in [2.75, 3.05) is 31.5 Å². The van der Waals surface area contributed by atoms with Gasteiger partial charge in [-0.3, -0.25) is 14.5 Å². The van der Waals surface area contributed by atoms with Crippen LogP contribution in [0.2, 0.25) is 0 Å². The number of hydrogen-bond donors (Lipinski definition) is 3. The molecule has 3 heterocycles. The van der Waals surface area contributed by atoms with E-state index in [0.717, 1.165) is 29.7 Å². The highest BCUT2D eigenvalue weighted by atomic mass is 19.1. The number of nitrogens with two attached hydrogens (primary N) is 1. The summed E-state index contributed by atoms with van der Waals surface area (Å²) in [4.78, 5) is 35.6. The third kappa shape index (κ3) is 5.64. The minimum atomic E-state index is -0.652. The number of primary amides is 1. The lowest BCUT2D eigenvalue weighted by Gasteiger charge is -2.28. The van der Waals surface area contributed by atoms with Gasteiger partial charge in [0.05, 0.1) is 5.92 Å². The van der Waals surface area contributed by atoms with E-state index in [1.807, 2.05) is 13.0 Å². The summed E-state index contributed by atoms with van der Waals surface area (Å²) in [6, 6.07) is 8.00. The molecule has 2 saturated heterocycles. The van der Waals surface area contributed by atoms with Gasteiger partial charge in [0, 0.05) is 50.3 Å². The molecule has 1 aromatic carbocycles. The molecule has 5 rings (SSSR count). The second-order valence-electron chi connectivity index (χ2n) is 9.84. The molecule has 37 heavy (non-hydrogen) atoms. The monoisotopic (exact) mass is 506 g/mol. The molecular weight excluding hydrogens is 475 g/mol. The van der Waals surface area contributed by atoms with Crippen LogP contribution < -0.4 is 21.1 Å². The van der Waals surface area contributed by atoms with Gasteiger partial charge >= 0.3 is 0 Å². The minimum Gasteiger partial charge on any atom is -0.486 e. The van der Waals surface area contributed by atoms with Crippen LogP contribution in [0.4, 0.5) is 10.2 Å². The Bertz CT molecular complexity index is 1280. The molecule has 3 aliphatic rings. The highest BCUT2D eigenvalue weighted by Gasteiger charge is 2.34. The van der Waals surface area contributed by atoms with Gasteiger partial charge in [0.25, 0.3) is 5.91 Å². The van der Waals surface area contributed by atoms with Crippen molar-refractivity contribution in [1.82, 2.24) is 20.2 Å². The molecule has 4 N–H and O–H groups in total. The first-order valence-corrected chi connectivity index (χ1v) is 12.6. The Morgan fingerprint density at radius 3 is 2.70 bits per heavy atom. The number of rotatable bonds is 9. The maximum atomic E-state index is 13.4. The van der Waals surface area contributed by atoms with Gasteiger partial charge < -0.3 is 21.1 Å². The minimum absolute atomic E-state index is 0.00698. The van der Waals surface area contributed by atoms with Gasteiger partial charge in [-0.1, -0.05) is 6.08 Å². The zero-order chi connectivity index (χ0) is 26.1. The molecular formula is C27H31FN6O3. The fourth-order valence-electron chi connectivity index (χ4n) is 4.75. The van der Waals surface area contributed by atoms with Crippen LogP contribution in [0.5, 0.6) is 5.75 Å². The summed E-state index contributed by atoms with van der Waals surface area (Å²) in [6.07, 6.45) is 3.11. The first kappa shape index (κ1) is 24.9. The number of halogens is 1. The number of nitrogens with one attached hydrogen (secondary N) is 2. The van der Waals surface area contributed by atoms with Gasteiger partial charge in [0.1, 0.15) is 29.2 Å². The van der Waals surface area contributed by atoms with Crippen molar-refractivity contribution in [3.05, 3.63) is 64.9 Å². The summed E-state index contributed by atoms with van der Waals surface area (Å²) in [5.41, 5.74) is 8.61. The van der Waals surface area contributed by atoms with Gasteiger partial charge in [-0.15, -0.1) is 0 Å². The smallest absolute Gasteiger partial charge is 0.267 e. The number of nitrogens with zero attached hydrogens (tertiary/aromatic N) is 3. The molecule has 2 aliphatic heterocycles. The van der Waals surface area contributed by atoms with Gasteiger partial charge in [-0.2, -0.15) is 0 Å². The number of carbonyl (C=O) groups excluding carboxylic acids is 2. The highest BCUT2D eigenvalue weighted by molar-refractivity contribution is 5.92. The molecule has 2 fully saturated rings. The zero-order valence-corrected chi connectivity index (χ0v) is 21.0. The second-order valence-corrected chi connectivity index (χ2v) is 9.84. The van der Waals surface area contributed by atoms with Crippen molar-refractivity contribution in [2.45, 2.75) is 38.8 Å². The van der Waals surface area contributed by atoms with Gasteiger partial charge in [0.15, 0.2) is 5.82 Å². The van der Waals surface area contributed by atoms with E-state index in [9.17, 15) is 14.0 Å². The summed E-state index contributed by atoms with van der Waals surface area (Å²) in [5.74, 6) is 0.326. The number of anilines is 1. The molecule has 2 aromatic rings. The van der Waals surface area contributed by atoms with Crippen LogP contribution >= 0.6 is 0 Å². The number of ether oxygens (including phenoxy) is 1. The van der Waals surface area contributed by atoms with Crippen molar-refractivity contribution in [3.8, 4) is 5.75 Å². The normalized spacial score (nSPS) is 24.9. The molecule has 9 nitrogen and oxygen atoms in total. The lowest BCUT2D eigenvalue weighted by Crippen LogP contribution is -2.26. The number of benzene rings is 1. The Morgan fingerprint density at radius 2 is 2.05 bits per heavy atom. The number of aromatic nitrogens is 2. The Kier molecular flexibility index (Phi) is 6.92. The maximum Gasteiger partial charge on any atom is 0.267 e. The molecule has 10 heteroatoms. The van der Waals surface area contributed by atoms with Crippen molar-refractivity contribution in [1.29, 1.82) is 0 Å². The van der Waals surface area contributed by atoms with E-state index in [2.05, 4.69) is 27.4 Å².